The second-order valence-electron chi connectivity index (χ2n) is 2.05. The van der Waals surface area contributed by atoms with Crippen molar-refractivity contribution in [1.82, 2.24) is 4.98 Å². The Balaban J connectivity index is 3.23. The number of pyridine rings is 1. The molecule has 0 aromatic carbocycles. The Morgan fingerprint density at radius 3 is 2.33 bits per heavy atom. The number of aromatic amines is 1. The maximum atomic E-state index is 11.9. The van der Waals surface area contributed by atoms with Crippen molar-refractivity contribution >= 4 is 11.6 Å². The van der Waals surface area contributed by atoms with E-state index >= 15 is 0 Å². The van der Waals surface area contributed by atoms with Gasteiger partial charge in [0.15, 0.2) is 0 Å². The average molecular weight is 198 g/mol. The van der Waals surface area contributed by atoms with Crippen LogP contribution in [-0.4, -0.2) is 4.98 Å². The molecule has 0 aliphatic rings. The minimum absolute atomic E-state index is 0.261. The Morgan fingerprint density at radius 1 is 1.33 bits per heavy atom. The summed E-state index contributed by atoms with van der Waals surface area (Å²) in [6.45, 7) is 0. The largest absolute Gasteiger partial charge is 0.431 e. The van der Waals surface area contributed by atoms with Gasteiger partial charge in [0, 0.05) is 0 Å². The lowest BCUT2D eigenvalue weighted by molar-refractivity contribution is -0.141. The van der Waals surface area contributed by atoms with Gasteiger partial charge in [-0.15, -0.1) is 0 Å². The molecule has 66 valence electrons. The Hall–Kier alpha value is -0.970. The molecule has 12 heavy (non-hydrogen) atoms. The Kier molecular flexibility index (Phi) is 2.14. The molecule has 2 nitrogen and oxygen atoms in total. The molecule has 1 N–H and O–H groups in total. The van der Waals surface area contributed by atoms with E-state index in [1.807, 2.05) is 0 Å². The molecule has 0 fully saturated rings. The van der Waals surface area contributed by atoms with Gasteiger partial charge >= 0.3 is 6.18 Å². The zero-order valence-electron chi connectivity index (χ0n) is 5.57. The van der Waals surface area contributed by atoms with E-state index in [2.05, 4.69) is 0 Å². The van der Waals surface area contributed by atoms with Crippen LogP contribution in [0.25, 0.3) is 0 Å². The summed E-state index contributed by atoms with van der Waals surface area (Å²) >= 11 is 5.22. The summed E-state index contributed by atoms with van der Waals surface area (Å²) < 4.78 is 35.7. The summed E-state index contributed by atoms with van der Waals surface area (Å²) in [5.74, 6) is 0. The number of rotatable bonds is 0. The van der Waals surface area contributed by atoms with Crippen LogP contribution in [0.15, 0.2) is 16.9 Å². The van der Waals surface area contributed by atoms with Crippen molar-refractivity contribution in [3.8, 4) is 0 Å². The zero-order chi connectivity index (χ0) is 9.35. The molecule has 1 heterocycles. The highest BCUT2D eigenvalue weighted by atomic mass is 35.5. The molecule has 6 heteroatoms. The molecule has 0 aliphatic carbocycles. The predicted octanol–water partition coefficient (Wildman–Crippen LogP) is 2.05. The maximum Gasteiger partial charge on any atom is 0.431 e. The molecule has 1 rings (SSSR count). The van der Waals surface area contributed by atoms with Gasteiger partial charge in [0.05, 0.1) is 0 Å². The topological polar surface area (TPSA) is 32.9 Å². The van der Waals surface area contributed by atoms with Crippen LogP contribution in [-0.2, 0) is 6.18 Å². The third-order valence-electron chi connectivity index (χ3n) is 1.17. The molecule has 0 radical (unpaired) electrons. The van der Waals surface area contributed by atoms with Crippen molar-refractivity contribution in [3.63, 3.8) is 0 Å². The van der Waals surface area contributed by atoms with E-state index in [9.17, 15) is 18.0 Å². The summed E-state index contributed by atoms with van der Waals surface area (Å²) in [6, 6.07) is 1.62. The molecule has 0 bridgehead atoms. The normalized spacial score (nSPS) is 11.7. The quantitative estimate of drug-likeness (QED) is 0.678. The van der Waals surface area contributed by atoms with Crippen molar-refractivity contribution < 1.29 is 13.2 Å². The Morgan fingerprint density at radius 2 is 1.92 bits per heavy atom. The smallest absolute Gasteiger partial charge is 0.317 e. The highest BCUT2D eigenvalue weighted by molar-refractivity contribution is 6.30. The third kappa shape index (κ3) is 1.79. The number of nitrogens with one attached hydrogen (secondary N) is 1. The van der Waals surface area contributed by atoms with Gasteiger partial charge in [-0.2, -0.15) is 13.2 Å². The fraction of sp³-hybridized carbons (Fsp3) is 0.167. The first-order valence-electron chi connectivity index (χ1n) is 2.87. The fourth-order valence-electron chi connectivity index (χ4n) is 0.621. The van der Waals surface area contributed by atoms with Crippen molar-refractivity contribution in [2.45, 2.75) is 6.18 Å². The predicted molar refractivity (Wildman–Crippen MR) is 37.1 cm³/mol. The minimum atomic E-state index is -4.54. The standard InChI is InChI=1S/C6H3ClF3NO/c7-3-1-2-4(6(8,9)10)11-5(3)12/h1-2H,(H,11,12). The first kappa shape index (κ1) is 9.12. The summed E-state index contributed by atoms with van der Waals surface area (Å²) in [5, 5.41) is -0.261. The molecule has 0 amide bonds. The number of aromatic nitrogens is 1. The molecule has 0 saturated heterocycles. The molecular weight excluding hydrogens is 195 g/mol. The average Bonchev–Trinajstić information content (AvgIpc) is 1.92. The highest BCUT2D eigenvalue weighted by Crippen LogP contribution is 2.26. The van der Waals surface area contributed by atoms with Gasteiger partial charge in [-0.05, 0) is 12.1 Å². The lowest BCUT2D eigenvalue weighted by Crippen LogP contribution is -2.15. The SMILES string of the molecule is O=c1[nH]c(C(F)(F)F)ccc1Cl. The number of hydrogen-bond donors (Lipinski definition) is 1. The van der Waals surface area contributed by atoms with E-state index in [0.717, 1.165) is 6.07 Å². The van der Waals surface area contributed by atoms with Crippen LogP contribution in [0.5, 0.6) is 0 Å². The van der Waals surface area contributed by atoms with Gasteiger partial charge in [0.2, 0.25) is 0 Å². The number of alkyl halides is 3. The first-order valence-corrected chi connectivity index (χ1v) is 3.25. The Bertz CT molecular complexity index is 343. The minimum Gasteiger partial charge on any atom is -0.317 e. The fourth-order valence-corrected chi connectivity index (χ4v) is 0.731. The molecule has 0 atom stereocenters. The second-order valence-corrected chi connectivity index (χ2v) is 2.45. The number of hydrogen-bond acceptors (Lipinski definition) is 1. The van der Waals surface area contributed by atoms with Crippen molar-refractivity contribution in [3.05, 3.63) is 33.2 Å². The Labute approximate surface area is 70.0 Å². The molecule has 0 spiro atoms. The van der Waals surface area contributed by atoms with Gasteiger partial charge in [0.25, 0.3) is 5.56 Å². The van der Waals surface area contributed by atoms with Crippen molar-refractivity contribution in [2.75, 3.05) is 0 Å². The summed E-state index contributed by atoms with van der Waals surface area (Å²) in [4.78, 5) is 12.2. The van der Waals surface area contributed by atoms with Crippen LogP contribution in [0, 0.1) is 0 Å². The number of H-pyrrole nitrogens is 1. The van der Waals surface area contributed by atoms with E-state index in [1.54, 1.807) is 4.98 Å². The van der Waals surface area contributed by atoms with Gasteiger partial charge in [-0.25, -0.2) is 0 Å². The molecule has 1 aromatic rings. The van der Waals surface area contributed by atoms with Crippen LogP contribution in [0.4, 0.5) is 13.2 Å². The van der Waals surface area contributed by atoms with Gasteiger partial charge in [-0.3, -0.25) is 4.79 Å². The van der Waals surface area contributed by atoms with Crippen molar-refractivity contribution in [2.24, 2.45) is 0 Å². The van der Waals surface area contributed by atoms with Crippen LogP contribution >= 0.6 is 11.6 Å². The lowest BCUT2D eigenvalue weighted by Gasteiger charge is -2.04. The van der Waals surface area contributed by atoms with E-state index in [0.29, 0.717) is 6.07 Å². The zero-order valence-corrected chi connectivity index (χ0v) is 6.33. The second kappa shape index (κ2) is 2.82. The first-order chi connectivity index (χ1) is 5.41. The molecule has 0 saturated carbocycles. The van der Waals surface area contributed by atoms with Gasteiger partial charge in [0.1, 0.15) is 10.7 Å². The number of halogens is 4. The van der Waals surface area contributed by atoms with E-state index in [1.165, 1.54) is 0 Å². The molecule has 0 unspecified atom stereocenters. The van der Waals surface area contributed by atoms with E-state index in [-0.39, 0.29) is 5.02 Å². The lowest BCUT2D eigenvalue weighted by atomic mass is 10.3. The van der Waals surface area contributed by atoms with Crippen molar-refractivity contribution in [1.29, 1.82) is 0 Å². The third-order valence-corrected chi connectivity index (χ3v) is 1.46. The maximum absolute atomic E-state index is 11.9. The van der Waals surface area contributed by atoms with Crippen LogP contribution in [0.2, 0.25) is 5.02 Å². The van der Waals surface area contributed by atoms with E-state index in [4.69, 9.17) is 11.6 Å². The molecule has 0 aliphatic heterocycles. The van der Waals surface area contributed by atoms with Crippen LogP contribution in [0.1, 0.15) is 5.69 Å². The molecule has 1 aromatic heterocycles. The van der Waals surface area contributed by atoms with Crippen LogP contribution < -0.4 is 5.56 Å². The summed E-state index contributed by atoms with van der Waals surface area (Å²) in [7, 11) is 0. The van der Waals surface area contributed by atoms with Gasteiger partial charge in [-0.1, -0.05) is 11.6 Å². The van der Waals surface area contributed by atoms with Gasteiger partial charge < -0.3 is 4.98 Å². The monoisotopic (exact) mass is 197 g/mol. The van der Waals surface area contributed by atoms with E-state index < -0.39 is 17.4 Å². The van der Waals surface area contributed by atoms with Crippen LogP contribution in [0.3, 0.4) is 0 Å². The summed E-state index contributed by atoms with van der Waals surface area (Å²) in [5.41, 5.74) is -2.04. The molecular formula is C6H3ClF3NO. The highest BCUT2D eigenvalue weighted by Gasteiger charge is 2.31. The summed E-state index contributed by atoms with van der Waals surface area (Å²) in [6.07, 6.45) is -4.54.